The van der Waals surface area contributed by atoms with Gasteiger partial charge >= 0.3 is 0 Å². The smallest absolute Gasteiger partial charge is 0.202 e. The van der Waals surface area contributed by atoms with Gasteiger partial charge in [0.2, 0.25) is 5.75 Å². The number of aromatic nitrogens is 2. The number of hydrogen-bond donors (Lipinski definition) is 2. The third-order valence-corrected chi connectivity index (χ3v) is 4.62. The Kier molecular flexibility index (Phi) is 4.20. The van der Waals surface area contributed by atoms with E-state index in [0.717, 1.165) is 26.5 Å². The lowest BCUT2D eigenvalue weighted by molar-refractivity contribution is 0.341. The summed E-state index contributed by atoms with van der Waals surface area (Å²) in [7, 11) is 4.86. The second-order valence-electron chi connectivity index (χ2n) is 4.88. The summed E-state index contributed by atoms with van der Waals surface area (Å²) in [5.74, 6) is 0.754. The maximum absolute atomic E-state index is 10.5. The van der Waals surface area contributed by atoms with Gasteiger partial charge < -0.3 is 19.9 Å². The molecule has 0 unspecified atom stereocenters. The highest BCUT2D eigenvalue weighted by atomic mass is 32.1. The van der Waals surface area contributed by atoms with Crippen molar-refractivity contribution in [2.24, 2.45) is 0 Å². The van der Waals surface area contributed by atoms with Crippen molar-refractivity contribution in [3.05, 3.63) is 35.7 Å². The average Bonchev–Trinajstić information content (AvgIpc) is 3.00. The quantitative estimate of drug-likeness (QED) is 0.748. The van der Waals surface area contributed by atoms with Crippen LogP contribution in [0.3, 0.4) is 0 Å². The Hall–Kier alpha value is -2.54. The van der Waals surface area contributed by atoms with Gasteiger partial charge in [-0.05, 0) is 11.6 Å². The van der Waals surface area contributed by atoms with Crippen LogP contribution in [-0.2, 0) is 6.42 Å². The molecule has 1 aromatic carbocycles. The molecule has 0 aliphatic carbocycles. The van der Waals surface area contributed by atoms with Gasteiger partial charge in [0.1, 0.15) is 4.70 Å². The molecule has 2 heterocycles. The Morgan fingerprint density at radius 2 is 2.04 bits per heavy atom. The van der Waals surface area contributed by atoms with E-state index in [-0.39, 0.29) is 5.75 Å². The number of benzene rings is 1. The fraction of sp³-hybridized carbons (Fsp3) is 0.250. The molecule has 0 aliphatic rings. The van der Waals surface area contributed by atoms with Gasteiger partial charge in [0, 0.05) is 31.4 Å². The molecule has 0 saturated heterocycles. The van der Waals surface area contributed by atoms with Crippen LogP contribution in [0.25, 0.3) is 10.2 Å². The van der Waals surface area contributed by atoms with Gasteiger partial charge in [0.15, 0.2) is 16.6 Å². The summed E-state index contributed by atoms with van der Waals surface area (Å²) in [5.41, 5.74) is 2.58. The number of pyridine rings is 1. The number of thiazole rings is 1. The zero-order chi connectivity index (χ0) is 16.4. The highest BCUT2D eigenvalue weighted by Gasteiger charge is 2.24. The maximum atomic E-state index is 10.5. The van der Waals surface area contributed by atoms with Gasteiger partial charge in [-0.3, -0.25) is 4.98 Å². The lowest BCUT2D eigenvalue weighted by atomic mass is 10.0. The van der Waals surface area contributed by atoms with Gasteiger partial charge in [-0.1, -0.05) is 17.4 Å². The van der Waals surface area contributed by atoms with Gasteiger partial charge in [-0.25, -0.2) is 4.98 Å². The molecule has 6 nitrogen and oxygen atoms in total. The predicted octanol–water partition coefficient (Wildman–Crippen LogP) is 3.05. The highest BCUT2D eigenvalue weighted by Crippen LogP contribution is 2.49. The van der Waals surface area contributed by atoms with Gasteiger partial charge in [0.25, 0.3) is 0 Å². The van der Waals surface area contributed by atoms with E-state index >= 15 is 0 Å². The van der Waals surface area contributed by atoms with Crippen molar-refractivity contribution >= 4 is 26.7 Å². The van der Waals surface area contributed by atoms with Crippen LogP contribution in [-0.4, -0.2) is 36.3 Å². The zero-order valence-electron chi connectivity index (χ0n) is 13.1. The minimum absolute atomic E-state index is 0.00677. The number of anilines is 1. The Labute approximate surface area is 137 Å². The highest BCUT2D eigenvalue weighted by molar-refractivity contribution is 7.22. The van der Waals surface area contributed by atoms with E-state index in [1.165, 1.54) is 25.6 Å². The number of aromatic hydroxyl groups is 1. The first-order chi connectivity index (χ1) is 11.2. The molecule has 0 aliphatic heterocycles. The zero-order valence-corrected chi connectivity index (χ0v) is 13.9. The molecule has 2 N–H and O–H groups in total. The van der Waals surface area contributed by atoms with E-state index in [4.69, 9.17) is 9.47 Å². The van der Waals surface area contributed by atoms with E-state index in [0.29, 0.717) is 17.9 Å². The van der Waals surface area contributed by atoms with E-state index in [2.05, 4.69) is 15.3 Å². The third-order valence-electron chi connectivity index (χ3n) is 3.55. The molecule has 0 fully saturated rings. The largest absolute Gasteiger partial charge is 0.502 e. The first-order valence-corrected chi connectivity index (χ1v) is 7.84. The number of hydrogen-bond acceptors (Lipinski definition) is 7. The molecule has 3 aromatic rings. The number of ether oxygens (including phenoxy) is 2. The molecule has 0 radical (unpaired) electrons. The van der Waals surface area contributed by atoms with Crippen molar-refractivity contribution in [1.82, 2.24) is 9.97 Å². The first-order valence-electron chi connectivity index (χ1n) is 7.02. The van der Waals surface area contributed by atoms with Crippen LogP contribution in [0, 0.1) is 0 Å². The molecule has 0 spiro atoms. The maximum Gasteiger partial charge on any atom is 0.202 e. The number of rotatable bonds is 5. The summed E-state index contributed by atoms with van der Waals surface area (Å²) in [6.07, 6.45) is 4.07. The van der Waals surface area contributed by atoms with Crippen LogP contribution >= 0.6 is 11.3 Å². The SMILES string of the molecule is CNc1nc2c(Cc3cccnc3)c(OC)c(O)c(OC)c2s1. The van der Waals surface area contributed by atoms with Gasteiger partial charge in [0.05, 0.1) is 19.7 Å². The second-order valence-corrected chi connectivity index (χ2v) is 5.88. The standard InChI is InChI=1S/C16H17N3O3S/c1-17-16-19-11-10(7-9-5-4-6-18-8-9)13(21-2)12(20)14(22-3)15(11)23-16/h4-6,8,20H,7H2,1-3H3,(H,17,19). The van der Waals surface area contributed by atoms with Gasteiger partial charge in [-0.15, -0.1) is 0 Å². The van der Waals surface area contributed by atoms with E-state index in [1.54, 1.807) is 12.4 Å². The van der Waals surface area contributed by atoms with E-state index in [1.807, 2.05) is 19.2 Å². The monoisotopic (exact) mass is 331 g/mol. The molecule has 0 saturated carbocycles. The number of nitrogens with zero attached hydrogens (tertiary/aromatic N) is 2. The molecule has 7 heteroatoms. The molecule has 120 valence electrons. The van der Waals surface area contributed by atoms with Crippen molar-refractivity contribution in [3.63, 3.8) is 0 Å². The van der Waals surface area contributed by atoms with Crippen molar-refractivity contribution < 1.29 is 14.6 Å². The molecule has 23 heavy (non-hydrogen) atoms. The van der Waals surface area contributed by atoms with Crippen LogP contribution in [0.4, 0.5) is 5.13 Å². The molecule has 2 aromatic heterocycles. The summed E-state index contributed by atoms with van der Waals surface area (Å²) in [6, 6.07) is 3.85. The second kappa shape index (κ2) is 6.29. The normalized spacial score (nSPS) is 10.7. The number of fused-ring (bicyclic) bond motifs is 1. The van der Waals surface area contributed by atoms with Crippen molar-refractivity contribution in [2.45, 2.75) is 6.42 Å². The Bertz CT molecular complexity index is 834. The fourth-order valence-corrected chi connectivity index (χ4v) is 3.50. The predicted molar refractivity (Wildman–Crippen MR) is 91.0 cm³/mol. The first kappa shape index (κ1) is 15.4. The Morgan fingerprint density at radius 1 is 1.26 bits per heavy atom. The van der Waals surface area contributed by atoms with Crippen molar-refractivity contribution in [1.29, 1.82) is 0 Å². The Morgan fingerprint density at radius 3 is 2.65 bits per heavy atom. The molecular weight excluding hydrogens is 314 g/mol. The minimum atomic E-state index is -0.00677. The summed E-state index contributed by atoms with van der Waals surface area (Å²) in [6.45, 7) is 0. The van der Waals surface area contributed by atoms with E-state index in [9.17, 15) is 5.11 Å². The number of phenols is 1. The number of nitrogens with one attached hydrogen (secondary N) is 1. The Balaban J connectivity index is 2.27. The van der Waals surface area contributed by atoms with Crippen LogP contribution in [0.1, 0.15) is 11.1 Å². The topological polar surface area (TPSA) is 76.5 Å². The minimum Gasteiger partial charge on any atom is -0.502 e. The van der Waals surface area contributed by atoms with Crippen LogP contribution in [0.2, 0.25) is 0 Å². The molecule has 3 rings (SSSR count). The van der Waals surface area contributed by atoms with Gasteiger partial charge in [-0.2, -0.15) is 0 Å². The fourth-order valence-electron chi connectivity index (χ4n) is 2.53. The average molecular weight is 331 g/mol. The molecular formula is C16H17N3O3S. The van der Waals surface area contributed by atoms with Crippen LogP contribution in [0.5, 0.6) is 17.2 Å². The molecule has 0 bridgehead atoms. The number of methoxy groups -OCH3 is 2. The lowest BCUT2D eigenvalue weighted by Gasteiger charge is -2.14. The number of phenolic OH excluding ortho intramolecular Hbond substituents is 1. The van der Waals surface area contributed by atoms with Crippen molar-refractivity contribution in [3.8, 4) is 17.2 Å². The third kappa shape index (κ3) is 2.63. The summed E-state index contributed by atoms with van der Waals surface area (Å²) in [4.78, 5) is 8.74. The lowest BCUT2D eigenvalue weighted by Crippen LogP contribution is -1.98. The molecule has 0 amide bonds. The van der Waals surface area contributed by atoms with Crippen molar-refractivity contribution in [2.75, 3.05) is 26.6 Å². The van der Waals surface area contributed by atoms with E-state index < -0.39 is 0 Å². The van der Waals surface area contributed by atoms with Crippen LogP contribution < -0.4 is 14.8 Å². The summed E-state index contributed by atoms with van der Waals surface area (Å²) in [5, 5.41) is 14.3. The van der Waals surface area contributed by atoms with Crippen LogP contribution in [0.15, 0.2) is 24.5 Å². The summed E-state index contributed by atoms with van der Waals surface area (Å²) >= 11 is 1.43. The summed E-state index contributed by atoms with van der Waals surface area (Å²) < 4.78 is 11.6. The molecule has 0 atom stereocenters.